The summed E-state index contributed by atoms with van der Waals surface area (Å²) in [7, 11) is 1.59. The van der Waals surface area contributed by atoms with E-state index < -0.39 is 0 Å². The fourth-order valence-corrected chi connectivity index (χ4v) is 3.56. The van der Waals surface area contributed by atoms with Crippen LogP contribution in [0, 0.1) is 0 Å². The number of amides is 1. The molecule has 0 radical (unpaired) electrons. The van der Waals surface area contributed by atoms with Crippen LogP contribution in [0.15, 0.2) is 47.1 Å². The summed E-state index contributed by atoms with van der Waals surface area (Å²) in [5.41, 5.74) is 3.93. The van der Waals surface area contributed by atoms with E-state index in [1.54, 1.807) is 31.6 Å². The highest BCUT2D eigenvalue weighted by molar-refractivity contribution is 6.36. The zero-order valence-corrected chi connectivity index (χ0v) is 17.6. The molecule has 28 heavy (non-hydrogen) atoms. The minimum absolute atomic E-state index is 0.0634. The maximum atomic E-state index is 12.1. The maximum absolute atomic E-state index is 12.1. The molecule has 0 aliphatic carbocycles. The van der Waals surface area contributed by atoms with Crippen molar-refractivity contribution < 1.29 is 13.9 Å². The molecule has 2 aromatic carbocycles. The monoisotopic (exact) mass is 417 g/mol. The third-order valence-electron chi connectivity index (χ3n) is 4.32. The van der Waals surface area contributed by atoms with Gasteiger partial charge in [0.25, 0.3) is 0 Å². The Morgan fingerprint density at radius 3 is 2.57 bits per heavy atom. The molecule has 1 heterocycles. The number of carbonyl (C=O) groups is 1. The number of hydrogen-bond donors (Lipinski definition) is 1. The smallest absolute Gasteiger partial charge is 0.244 e. The minimum atomic E-state index is -0.150. The average molecular weight is 418 g/mol. The van der Waals surface area contributed by atoms with Crippen LogP contribution in [0.1, 0.15) is 26.3 Å². The molecule has 1 aromatic heterocycles. The highest BCUT2D eigenvalue weighted by Gasteiger charge is 2.16. The van der Waals surface area contributed by atoms with Gasteiger partial charge in [0.2, 0.25) is 5.91 Å². The summed E-state index contributed by atoms with van der Waals surface area (Å²) in [6, 6.07) is 9.17. The van der Waals surface area contributed by atoms with E-state index in [4.69, 9.17) is 32.4 Å². The van der Waals surface area contributed by atoms with Crippen LogP contribution in [0.5, 0.6) is 5.75 Å². The second-order valence-corrected chi connectivity index (χ2v) is 7.66. The highest BCUT2D eigenvalue weighted by Crippen LogP contribution is 2.40. The number of allylic oxidation sites excluding steroid dienone is 1. The summed E-state index contributed by atoms with van der Waals surface area (Å²) < 4.78 is 11.2. The summed E-state index contributed by atoms with van der Waals surface area (Å²) >= 11 is 12.4. The van der Waals surface area contributed by atoms with Crippen molar-refractivity contribution in [2.45, 2.75) is 26.8 Å². The third-order valence-corrected chi connectivity index (χ3v) is 4.87. The van der Waals surface area contributed by atoms with Crippen LogP contribution in [0.2, 0.25) is 10.0 Å². The van der Waals surface area contributed by atoms with Crippen LogP contribution in [0.25, 0.3) is 27.7 Å². The largest absolute Gasteiger partial charge is 0.496 e. The number of halogens is 2. The highest BCUT2D eigenvalue weighted by atomic mass is 35.5. The fourth-order valence-electron chi connectivity index (χ4n) is 3.05. The molecule has 0 aliphatic heterocycles. The number of methoxy groups -OCH3 is 1. The lowest BCUT2D eigenvalue weighted by Gasteiger charge is -2.11. The van der Waals surface area contributed by atoms with Crippen LogP contribution in [0.4, 0.5) is 0 Å². The standard InChI is InChI=1S/C22H21Cl2NO3/c1-12(2)25-22(26)7-13(3)16-9-17-18(11-28-21(17)10-20(16)27-4)15-6-5-14(23)8-19(15)24/h5-12H,1-4H3,(H,25,26)/b13-7+. The Morgan fingerprint density at radius 2 is 1.93 bits per heavy atom. The van der Waals surface area contributed by atoms with Crippen molar-refractivity contribution in [2.24, 2.45) is 0 Å². The van der Waals surface area contributed by atoms with Crippen molar-refractivity contribution in [2.75, 3.05) is 7.11 Å². The second kappa shape index (κ2) is 8.29. The van der Waals surface area contributed by atoms with Gasteiger partial charge in [0.1, 0.15) is 11.3 Å². The van der Waals surface area contributed by atoms with Crippen molar-refractivity contribution in [1.29, 1.82) is 0 Å². The molecule has 1 amide bonds. The molecule has 3 aromatic rings. The summed E-state index contributed by atoms with van der Waals surface area (Å²) in [4.78, 5) is 12.1. The van der Waals surface area contributed by atoms with E-state index in [2.05, 4.69) is 5.32 Å². The molecule has 0 unspecified atom stereocenters. The Balaban J connectivity index is 2.13. The van der Waals surface area contributed by atoms with Gasteiger partial charge in [0.05, 0.1) is 18.4 Å². The predicted molar refractivity (Wildman–Crippen MR) is 115 cm³/mol. The third kappa shape index (κ3) is 4.18. The Hall–Kier alpha value is -2.43. The van der Waals surface area contributed by atoms with Gasteiger partial charge in [-0.15, -0.1) is 0 Å². The number of furan rings is 1. The SMILES string of the molecule is COc1cc2occ(-c3ccc(Cl)cc3Cl)c2cc1/C(C)=C/C(=O)NC(C)C. The van der Waals surface area contributed by atoms with Crippen LogP contribution >= 0.6 is 23.2 Å². The number of nitrogens with one attached hydrogen (secondary N) is 1. The van der Waals surface area contributed by atoms with Crippen LogP contribution in [-0.4, -0.2) is 19.1 Å². The maximum Gasteiger partial charge on any atom is 0.244 e. The normalized spacial score (nSPS) is 11.9. The molecule has 0 atom stereocenters. The molecule has 4 nitrogen and oxygen atoms in total. The first-order valence-corrected chi connectivity index (χ1v) is 9.59. The van der Waals surface area contributed by atoms with Crippen molar-refractivity contribution in [3.05, 3.63) is 58.3 Å². The van der Waals surface area contributed by atoms with Gasteiger partial charge in [-0.25, -0.2) is 0 Å². The van der Waals surface area contributed by atoms with Crippen LogP contribution in [0.3, 0.4) is 0 Å². The van der Waals surface area contributed by atoms with Crippen molar-refractivity contribution >= 4 is 45.7 Å². The lowest BCUT2D eigenvalue weighted by atomic mass is 9.99. The summed E-state index contributed by atoms with van der Waals surface area (Å²) in [5.74, 6) is 0.476. The minimum Gasteiger partial charge on any atom is -0.496 e. The first kappa shape index (κ1) is 20.3. The number of hydrogen-bond acceptors (Lipinski definition) is 3. The van der Waals surface area contributed by atoms with Crippen molar-refractivity contribution in [3.8, 4) is 16.9 Å². The molecule has 6 heteroatoms. The van der Waals surface area contributed by atoms with Gasteiger partial charge in [-0.3, -0.25) is 4.79 Å². The van der Waals surface area contributed by atoms with Gasteiger partial charge in [-0.05, 0) is 44.5 Å². The van der Waals surface area contributed by atoms with E-state index in [-0.39, 0.29) is 11.9 Å². The number of rotatable bonds is 5. The van der Waals surface area contributed by atoms with Crippen LogP contribution < -0.4 is 10.1 Å². The number of fused-ring (bicyclic) bond motifs is 1. The van der Waals surface area contributed by atoms with E-state index >= 15 is 0 Å². The number of benzene rings is 2. The van der Waals surface area contributed by atoms with E-state index in [0.717, 1.165) is 27.6 Å². The zero-order valence-electron chi connectivity index (χ0n) is 16.1. The fraction of sp³-hybridized carbons (Fsp3) is 0.227. The molecule has 0 saturated heterocycles. The molecular formula is C22H21Cl2NO3. The molecule has 0 aliphatic rings. The zero-order chi connectivity index (χ0) is 20.4. The van der Waals surface area contributed by atoms with Crippen molar-refractivity contribution in [3.63, 3.8) is 0 Å². The Bertz CT molecular complexity index is 1070. The lowest BCUT2D eigenvalue weighted by Crippen LogP contribution is -2.28. The molecular weight excluding hydrogens is 397 g/mol. The Kier molecular flexibility index (Phi) is 6.01. The van der Waals surface area contributed by atoms with E-state index in [9.17, 15) is 4.79 Å². The van der Waals surface area contributed by atoms with E-state index in [1.807, 2.05) is 39.0 Å². The predicted octanol–water partition coefficient (Wildman–Crippen LogP) is 6.34. The topological polar surface area (TPSA) is 51.5 Å². The average Bonchev–Trinajstić information content (AvgIpc) is 3.02. The van der Waals surface area contributed by atoms with Crippen LogP contribution in [-0.2, 0) is 4.79 Å². The molecule has 0 saturated carbocycles. The van der Waals surface area contributed by atoms with E-state index in [1.165, 1.54) is 0 Å². The molecule has 1 N–H and O–H groups in total. The quantitative estimate of drug-likeness (QED) is 0.492. The second-order valence-electron chi connectivity index (χ2n) is 6.81. The Labute approximate surface area is 174 Å². The molecule has 0 spiro atoms. The first-order chi connectivity index (χ1) is 13.3. The lowest BCUT2D eigenvalue weighted by molar-refractivity contribution is -0.116. The van der Waals surface area contributed by atoms with Gasteiger partial charge < -0.3 is 14.5 Å². The van der Waals surface area contributed by atoms with Gasteiger partial charge in [0, 0.05) is 45.3 Å². The van der Waals surface area contributed by atoms with Gasteiger partial charge >= 0.3 is 0 Å². The molecule has 0 bridgehead atoms. The van der Waals surface area contributed by atoms with Gasteiger partial charge in [-0.1, -0.05) is 29.3 Å². The van der Waals surface area contributed by atoms with Crippen molar-refractivity contribution in [1.82, 2.24) is 5.32 Å². The van der Waals surface area contributed by atoms with Gasteiger partial charge in [-0.2, -0.15) is 0 Å². The Morgan fingerprint density at radius 1 is 1.18 bits per heavy atom. The first-order valence-electron chi connectivity index (χ1n) is 8.84. The van der Waals surface area contributed by atoms with Gasteiger partial charge in [0.15, 0.2) is 0 Å². The number of ether oxygens (including phenoxy) is 1. The summed E-state index contributed by atoms with van der Waals surface area (Å²) in [5, 5.41) is 4.84. The number of carbonyl (C=O) groups excluding carboxylic acids is 1. The van der Waals surface area contributed by atoms with E-state index in [0.29, 0.717) is 21.4 Å². The molecule has 146 valence electrons. The summed E-state index contributed by atoms with van der Waals surface area (Å²) in [6.07, 6.45) is 3.23. The molecule has 0 fully saturated rings. The molecule has 3 rings (SSSR count). The summed E-state index contributed by atoms with van der Waals surface area (Å²) in [6.45, 7) is 5.71.